The van der Waals surface area contributed by atoms with E-state index in [2.05, 4.69) is 77.9 Å². The van der Waals surface area contributed by atoms with Gasteiger partial charge in [-0.1, -0.05) is 96.1 Å². The van der Waals surface area contributed by atoms with Gasteiger partial charge in [-0.15, -0.1) is 0 Å². The van der Waals surface area contributed by atoms with Crippen LogP contribution in [0.1, 0.15) is 134 Å². The predicted octanol–water partition coefficient (Wildman–Crippen LogP) is 11.8. The summed E-state index contributed by atoms with van der Waals surface area (Å²) < 4.78 is 0. The Bertz CT molecular complexity index is 1440. The Morgan fingerprint density at radius 1 is 0.375 bits per heavy atom. The van der Waals surface area contributed by atoms with Crippen LogP contribution in [0.3, 0.4) is 0 Å². The SMILES string of the molecule is CC(C)c1ccccc1OOC(C)(C)c1cc(C(C)(C)OOc2ccccc2C(C)C)cc(C(C)(C)OOc2ccccc2C(C)C)c1. The molecule has 0 saturated heterocycles. The van der Waals surface area contributed by atoms with Crippen LogP contribution in [-0.2, 0) is 31.5 Å². The topological polar surface area (TPSA) is 55.4 Å². The van der Waals surface area contributed by atoms with Crippen molar-refractivity contribution >= 4 is 0 Å². The Morgan fingerprint density at radius 2 is 0.604 bits per heavy atom. The molecule has 258 valence electrons. The number of hydrogen-bond acceptors (Lipinski definition) is 6. The second-order valence-corrected chi connectivity index (χ2v) is 14.9. The van der Waals surface area contributed by atoms with E-state index in [1.165, 1.54) is 0 Å². The van der Waals surface area contributed by atoms with Crippen molar-refractivity contribution in [1.82, 2.24) is 0 Å². The summed E-state index contributed by atoms with van der Waals surface area (Å²) >= 11 is 0. The molecule has 0 atom stereocenters. The Morgan fingerprint density at radius 3 is 0.833 bits per heavy atom. The van der Waals surface area contributed by atoms with E-state index < -0.39 is 16.8 Å². The minimum Gasteiger partial charge on any atom is -0.336 e. The molecule has 6 heteroatoms. The van der Waals surface area contributed by atoms with E-state index in [4.69, 9.17) is 29.3 Å². The van der Waals surface area contributed by atoms with E-state index in [1.807, 2.05) is 96.1 Å². The molecule has 48 heavy (non-hydrogen) atoms. The Hall–Kier alpha value is -3.84. The monoisotopic (exact) mass is 654 g/mol. The highest BCUT2D eigenvalue weighted by Crippen LogP contribution is 2.39. The van der Waals surface area contributed by atoms with Gasteiger partial charge in [-0.3, -0.25) is 0 Å². The smallest absolute Gasteiger partial charge is 0.168 e. The molecule has 4 aromatic rings. The highest BCUT2D eigenvalue weighted by atomic mass is 17.2. The zero-order valence-electron chi connectivity index (χ0n) is 30.8. The Kier molecular flexibility index (Phi) is 11.7. The number of rotatable bonds is 15. The molecule has 4 rings (SSSR count). The summed E-state index contributed by atoms with van der Waals surface area (Å²) in [5, 5.41) is 0. The molecule has 0 aliphatic carbocycles. The lowest BCUT2D eigenvalue weighted by Gasteiger charge is -2.32. The third-order valence-corrected chi connectivity index (χ3v) is 8.66. The lowest BCUT2D eigenvalue weighted by molar-refractivity contribution is -0.291. The van der Waals surface area contributed by atoms with Crippen molar-refractivity contribution in [3.63, 3.8) is 0 Å². The van der Waals surface area contributed by atoms with Crippen LogP contribution in [0.15, 0.2) is 91.0 Å². The number of benzene rings is 4. The highest BCUT2D eigenvalue weighted by Gasteiger charge is 2.34. The summed E-state index contributed by atoms with van der Waals surface area (Å²) in [6.45, 7) is 24.7. The molecule has 0 saturated carbocycles. The molecule has 0 N–H and O–H groups in total. The first-order valence-corrected chi connectivity index (χ1v) is 17.0. The van der Waals surface area contributed by atoms with Gasteiger partial charge < -0.3 is 14.7 Å². The van der Waals surface area contributed by atoms with Crippen LogP contribution in [0.25, 0.3) is 0 Å². The first-order chi connectivity index (χ1) is 22.5. The maximum atomic E-state index is 6.23. The summed E-state index contributed by atoms with van der Waals surface area (Å²) in [6.07, 6.45) is 0. The molecule has 0 bridgehead atoms. The van der Waals surface area contributed by atoms with Gasteiger partial charge in [0.05, 0.1) is 0 Å². The summed E-state index contributed by atoms with van der Waals surface area (Å²) in [7, 11) is 0. The standard InChI is InChI=1S/C42H54O6/c1-28(2)34-19-13-16-22-37(34)43-46-40(7,8)31-25-32(41(9,10)47-44-38-23-17-14-20-35(38)29(3)4)27-33(26-31)42(11,12)48-45-39-24-18-15-21-36(39)30(5)6/h13-30H,1-12H3. The van der Waals surface area contributed by atoms with Crippen molar-refractivity contribution < 1.29 is 29.3 Å². The normalized spacial score (nSPS) is 12.6. The summed E-state index contributed by atoms with van der Waals surface area (Å²) in [5.74, 6) is 2.91. The molecule has 4 aromatic carbocycles. The zero-order chi connectivity index (χ0) is 35.3. The van der Waals surface area contributed by atoms with Crippen molar-refractivity contribution in [2.24, 2.45) is 0 Å². The minimum atomic E-state index is -0.864. The van der Waals surface area contributed by atoms with Crippen molar-refractivity contribution in [2.75, 3.05) is 0 Å². The lowest BCUT2D eigenvalue weighted by Crippen LogP contribution is -2.30. The minimum absolute atomic E-state index is 0.278. The van der Waals surface area contributed by atoms with Crippen LogP contribution in [0, 0.1) is 0 Å². The van der Waals surface area contributed by atoms with Gasteiger partial charge in [0, 0.05) is 16.7 Å². The number of para-hydroxylation sites is 3. The van der Waals surface area contributed by atoms with E-state index >= 15 is 0 Å². The van der Waals surface area contributed by atoms with E-state index in [9.17, 15) is 0 Å². The second-order valence-electron chi connectivity index (χ2n) is 14.9. The molecule has 6 nitrogen and oxygen atoms in total. The molecular weight excluding hydrogens is 600 g/mol. The Balaban J connectivity index is 1.71. The maximum absolute atomic E-state index is 6.23. The quantitative estimate of drug-likeness (QED) is 0.0939. The summed E-state index contributed by atoms with van der Waals surface area (Å²) in [6, 6.07) is 30.1. The molecule has 0 aliphatic heterocycles. The van der Waals surface area contributed by atoms with Crippen LogP contribution >= 0.6 is 0 Å². The largest absolute Gasteiger partial charge is 0.336 e. The molecule has 0 fully saturated rings. The highest BCUT2D eigenvalue weighted by molar-refractivity contribution is 5.40. The van der Waals surface area contributed by atoms with Gasteiger partial charge in [-0.2, -0.15) is 14.7 Å². The molecule has 0 aromatic heterocycles. The van der Waals surface area contributed by atoms with Crippen LogP contribution in [0.2, 0.25) is 0 Å². The lowest BCUT2D eigenvalue weighted by atomic mass is 9.85. The predicted molar refractivity (Wildman–Crippen MR) is 192 cm³/mol. The summed E-state index contributed by atoms with van der Waals surface area (Å²) in [4.78, 5) is 36.8. The third kappa shape index (κ3) is 8.98. The fourth-order valence-corrected chi connectivity index (χ4v) is 5.36. The fraction of sp³-hybridized carbons (Fsp3) is 0.429. The van der Waals surface area contributed by atoms with E-state index in [0.29, 0.717) is 17.2 Å². The maximum Gasteiger partial charge on any atom is 0.168 e. The Labute approximate surface area is 288 Å². The van der Waals surface area contributed by atoms with Crippen molar-refractivity contribution in [3.05, 3.63) is 124 Å². The van der Waals surface area contributed by atoms with Crippen molar-refractivity contribution in [2.45, 2.75) is 118 Å². The van der Waals surface area contributed by atoms with E-state index in [-0.39, 0.29) is 17.8 Å². The molecule has 0 heterocycles. The van der Waals surface area contributed by atoms with Gasteiger partial charge in [-0.25, -0.2) is 0 Å². The second kappa shape index (κ2) is 15.1. The average Bonchev–Trinajstić information content (AvgIpc) is 3.05. The van der Waals surface area contributed by atoms with Gasteiger partial charge in [-0.05, 0) is 112 Å². The zero-order valence-corrected chi connectivity index (χ0v) is 30.8. The van der Waals surface area contributed by atoms with E-state index in [0.717, 1.165) is 33.4 Å². The van der Waals surface area contributed by atoms with Crippen molar-refractivity contribution in [1.29, 1.82) is 0 Å². The van der Waals surface area contributed by atoms with Crippen LogP contribution in [0.5, 0.6) is 17.2 Å². The van der Waals surface area contributed by atoms with Crippen LogP contribution < -0.4 is 14.7 Å². The van der Waals surface area contributed by atoms with Gasteiger partial charge in [0.2, 0.25) is 0 Å². The van der Waals surface area contributed by atoms with Gasteiger partial charge >= 0.3 is 0 Å². The van der Waals surface area contributed by atoms with Crippen LogP contribution in [0.4, 0.5) is 0 Å². The van der Waals surface area contributed by atoms with Gasteiger partial charge in [0.1, 0.15) is 16.8 Å². The molecule has 0 spiro atoms. The van der Waals surface area contributed by atoms with E-state index in [1.54, 1.807) is 0 Å². The molecule has 0 amide bonds. The molecule has 0 aliphatic rings. The fourth-order valence-electron chi connectivity index (χ4n) is 5.36. The molecule has 0 unspecified atom stereocenters. The van der Waals surface area contributed by atoms with Crippen molar-refractivity contribution in [3.8, 4) is 17.2 Å². The first-order valence-electron chi connectivity index (χ1n) is 17.0. The summed E-state index contributed by atoms with van der Waals surface area (Å²) in [5.41, 5.74) is 3.24. The first kappa shape index (κ1) is 37.0. The molecular formula is C42H54O6. The average molecular weight is 655 g/mol. The molecule has 0 radical (unpaired) electrons. The number of hydrogen-bond donors (Lipinski definition) is 0. The third-order valence-electron chi connectivity index (χ3n) is 8.66. The van der Waals surface area contributed by atoms with Gasteiger partial charge in [0.15, 0.2) is 17.2 Å². The van der Waals surface area contributed by atoms with Crippen LogP contribution in [-0.4, -0.2) is 0 Å². The van der Waals surface area contributed by atoms with Gasteiger partial charge in [0.25, 0.3) is 0 Å².